The van der Waals surface area contributed by atoms with E-state index >= 15 is 0 Å². The fourth-order valence-corrected chi connectivity index (χ4v) is 8.49. The second kappa shape index (κ2) is 11.9. The van der Waals surface area contributed by atoms with Gasteiger partial charge < -0.3 is 24.4 Å². The van der Waals surface area contributed by atoms with E-state index in [9.17, 15) is 14.4 Å². The van der Waals surface area contributed by atoms with Gasteiger partial charge in [0.1, 0.15) is 11.8 Å². The lowest BCUT2D eigenvalue weighted by Crippen LogP contribution is -2.55. The molecular formula is C28H38N2O6S. The number of ether oxygens (including phenoxy) is 2. The molecule has 1 spiro atoms. The summed E-state index contributed by atoms with van der Waals surface area (Å²) in [7, 11) is 1.59. The number of hydrogen-bond donors (Lipinski definition) is 1. The predicted octanol–water partition coefficient (Wildman–Crippen LogP) is 3.42. The van der Waals surface area contributed by atoms with Gasteiger partial charge in [0.25, 0.3) is 5.91 Å². The van der Waals surface area contributed by atoms with Crippen molar-refractivity contribution in [2.75, 3.05) is 38.3 Å². The van der Waals surface area contributed by atoms with Crippen molar-refractivity contribution in [3.05, 3.63) is 36.9 Å². The smallest absolute Gasteiger partial charge is 0.310 e. The van der Waals surface area contributed by atoms with Gasteiger partial charge in [-0.15, -0.1) is 18.3 Å². The van der Waals surface area contributed by atoms with E-state index in [4.69, 9.17) is 14.6 Å². The van der Waals surface area contributed by atoms with Crippen molar-refractivity contribution >= 4 is 35.2 Å². The number of hydrogen-bond acceptors (Lipinski definition) is 7. The lowest BCUT2D eigenvalue weighted by molar-refractivity contribution is -0.153. The first-order valence-electron chi connectivity index (χ1n) is 13.3. The van der Waals surface area contributed by atoms with E-state index in [0.717, 1.165) is 38.5 Å². The van der Waals surface area contributed by atoms with Gasteiger partial charge in [0.05, 0.1) is 30.3 Å². The Bertz CT molecular complexity index is 1000. The summed E-state index contributed by atoms with van der Waals surface area (Å²) >= 11 is 1.65. The molecule has 1 aromatic carbocycles. The highest BCUT2D eigenvalue weighted by Crippen LogP contribution is 2.66. The lowest BCUT2D eigenvalue weighted by atomic mass is 9.71. The number of likely N-dealkylation sites (tertiary alicyclic amines) is 1. The number of unbranched alkanes of at least 4 members (excludes halogenated alkanes) is 3. The molecule has 0 radical (unpaired) electrons. The monoisotopic (exact) mass is 530 g/mol. The quantitative estimate of drug-likeness (QED) is 0.237. The molecule has 202 valence electrons. The number of esters is 1. The van der Waals surface area contributed by atoms with E-state index in [0.29, 0.717) is 24.5 Å². The molecule has 1 N–H and O–H groups in total. The molecule has 2 bridgehead atoms. The molecule has 5 atom stereocenters. The van der Waals surface area contributed by atoms with Crippen LogP contribution in [0.15, 0.2) is 36.9 Å². The average molecular weight is 531 g/mol. The molecule has 3 saturated heterocycles. The topological polar surface area (TPSA) is 96.4 Å². The number of fused-ring (bicyclic) bond motifs is 1. The summed E-state index contributed by atoms with van der Waals surface area (Å²) in [4.78, 5) is 44.8. The molecule has 3 aliphatic rings. The first kappa shape index (κ1) is 27.5. The van der Waals surface area contributed by atoms with E-state index in [-0.39, 0.29) is 36.2 Å². The van der Waals surface area contributed by atoms with Crippen LogP contribution in [0.2, 0.25) is 0 Å². The Labute approximate surface area is 223 Å². The molecule has 2 unspecified atom stereocenters. The number of carbonyl (C=O) groups is 3. The van der Waals surface area contributed by atoms with Crippen molar-refractivity contribution in [2.24, 2.45) is 11.8 Å². The normalized spacial score (nSPS) is 27.8. The van der Waals surface area contributed by atoms with Crippen LogP contribution in [-0.2, 0) is 19.1 Å². The fourth-order valence-electron chi connectivity index (χ4n) is 6.29. The van der Waals surface area contributed by atoms with Crippen LogP contribution in [0.1, 0.15) is 45.4 Å². The van der Waals surface area contributed by atoms with Crippen molar-refractivity contribution in [3.8, 4) is 5.75 Å². The molecule has 9 heteroatoms. The molecule has 0 aliphatic carbocycles. The molecule has 37 heavy (non-hydrogen) atoms. The van der Waals surface area contributed by atoms with E-state index in [2.05, 4.69) is 6.58 Å². The molecule has 3 aliphatic heterocycles. The molecule has 2 amide bonds. The van der Waals surface area contributed by atoms with Gasteiger partial charge in [0, 0.05) is 30.6 Å². The van der Waals surface area contributed by atoms with Crippen molar-refractivity contribution in [1.82, 2.24) is 4.90 Å². The van der Waals surface area contributed by atoms with Crippen LogP contribution >= 0.6 is 11.8 Å². The molecule has 0 saturated carbocycles. The minimum atomic E-state index is -0.667. The van der Waals surface area contributed by atoms with Crippen LogP contribution in [-0.4, -0.2) is 77.2 Å². The first-order chi connectivity index (χ1) is 17.9. The summed E-state index contributed by atoms with van der Waals surface area (Å²) in [6.07, 6.45) is 6.37. The number of thioether (sulfide) groups is 1. The van der Waals surface area contributed by atoms with Crippen LogP contribution in [0.3, 0.4) is 0 Å². The summed E-state index contributed by atoms with van der Waals surface area (Å²) in [5, 5.41) is 9.10. The van der Waals surface area contributed by atoms with E-state index in [1.807, 2.05) is 24.3 Å². The summed E-state index contributed by atoms with van der Waals surface area (Å²) in [5.41, 5.74) is 0.709. The standard InChI is InChI=1S/C28H38N2O6S/c1-4-16-29(19-10-12-20(35-3)13-11-19)26(33)24-28-15-14-21(37-28)22(27(34)36-5-2)23(28)25(32)30(24)17-8-6-7-9-18-31/h4,10-13,21-24,31H,1,5-9,14-18H2,2-3H3/t21-,22+,23-,24?,28?/m0/s1. The molecule has 4 rings (SSSR count). The third-order valence-electron chi connectivity index (χ3n) is 7.86. The summed E-state index contributed by atoms with van der Waals surface area (Å²) < 4.78 is 10.0. The number of nitrogens with zero attached hydrogens (tertiary/aromatic N) is 2. The molecule has 1 aromatic rings. The van der Waals surface area contributed by atoms with Crippen molar-refractivity contribution < 1.29 is 29.0 Å². The minimum absolute atomic E-state index is 0.0103. The highest BCUT2D eigenvalue weighted by atomic mass is 32.2. The van der Waals surface area contributed by atoms with Gasteiger partial charge in [-0.25, -0.2) is 0 Å². The lowest BCUT2D eigenvalue weighted by Gasteiger charge is -2.37. The van der Waals surface area contributed by atoms with Crippen LogP contribution in [0.25, 0.3) is 0 Å². The van der Waals surface area contributed by atoms with Crippen LogP contribution in [0.4, 0.5) is 5.69 Å². The number of anilines is 1. The largest absolute Gasteiger partial charge is 0.497 e. The van der Waals surface area contributed by atoms with Crippen LogP contribution in [0, 0.1) is 11.8 Å². The second-order valence-corrected chi connectivity index (χ2v) is 11.5. The molecular weight excluding hydrogens is 492 g/mol. The maximum absolute atomic E-state index is 14.4. The summed E-state index contributed by atoms with van der Waals surface area (Å²) in [6, 6.07) is 6.63. The Balaban J connectivity index is 1.69. The van der Waals surface area contributed by atoms with Crippen LogP contribution in [0.5, 0.6) is 5.75 Å². The number of methoxy groups -OCH3 is 1. The van der Waals surface area contributed by atoms with Gasteiger partial charge in [-0.3, -0.25) is 14.4 Å². The van der Waals surface area contributed by atoms with Gasteiger partial charge in [0.2, 0.25) is 5.91 Å². The number of aliphatic hydroxyl groups is 1. The van der Waals surface area contributed by atoms with E-state index in [1.54, 1.807) is 41.7 Å². The zero-order chi connectivity index (χ0) is 26.6. The van der Waals surface area contributed by atoms with Gasteiger partial charge in [-0.2, -0.15) is 0 Å². The second-order valence-electron chi connectivity index (χ2n) is 9.91. The Morgan fingerprint density at radius 3 is 2.62 bits per heavy atom. The molecule has 3 fully saturated rings. The average Bonchev–Trinajstić information content (AvgIpc) is 3.54. The van der Waals surface area contributed by atoms with Gasteiger partial charge in [-0.05, 0) is 56.9 Å². The molecule has 8 nitrogen and oxygen atoms in total. The van der Waals surface area contributed by atoms with Crippen molar-refractivity contribution in [1.29, 1.82) is 0 Å². The fraction of sp³-hybridized carbons (Fsp3) is 0.607. The zero-order valence-electron chi connectivity index (χ0n) is 21.8. The van der Waals surface area contributed by atoms with E-state index in [1.165, 1.54) is 0 Å². The Morgan fingerprint density at radius 2 is 1.97 bits per heavy atom. The summed E-state index contributed by atoms with van der Waals surface area (Å²) in [6.45, 7) is 6.80. The summed E-state index contributed by atoms with van der Waals surface area (Å²) in [5.74, 6) is -0.960. The number of amides is 2. The first-order valence-corrected chi connectivity index (χ1v) is 14.1. The van der Waals surface area contributed by atoms with Gasteiger partial charge in [0.15, 0.2) is 0 Å². The third-order valence-corrected chi connectivity index (χ3v) is 9.81. The van der Waals surface area contributed by atoms with Crippen LogP contribution < -0.4 is 9.64 Å². The minimum Gasteiger partial charge on any atom is -0.497 e. The predicted molar refractivity (Wildman–Crippen MR) is 144 cm³/mol. The highest BCUT2D eigenvalue weighted by Gasteiger charge is 2.74. The number of carbonyl (C=O) groups excluding carboxylic acids is 3. The van der Waals surface area contributed by atoms with Crippen molar-refractivity contribution in [2.45, 2.75) is 61.5 Å². The molecule has 0 aromatic heterocycles. The number of benzene rings is 1. The molecule has 3 heterocycles. The van der Waals surface area contributed by atoms with E-state index < -0.39 is 22.6 Å². The van der Waals surface area contributed by atoms with Crippen molar-refractivity contribution in [3.63, 3.8) is 0 Å². The Kier molecular flexibility index (Phi) is 8.85. The number of rotatable bonds is 13. The third kappa shape index (κ3) is 5.00. The SMILES string of the molecule is C=CCN(C(=O)C1N(CCCCCCO)C(=O)[C@@H]2[C@H](C(=O)OCC)[C@@H]3CCC12S3)c1ccc(OC)cc1. The van der Waals surface area contributed by atoms with Gasteiger partial charge >= 0.3 is 5.97 Å². The zero-order valence-corrected chi connectivity index (χ0v) is 22.6. The maximum Gasteiger partial charge on any atom is 0.310 e. The van der Waals surface area contributed by atoms with Gasteiger partial charge in [-0.1, -0.05) is 18.9 Å². The Morgan fingerprint density at radius 1 is 1.24 bits per heavy atom. The highest BCUT2D eigenvalue weighted by molar-refractivity contribution is 8.02. The Hall–Kier alpha value is -2.52. The maximum atomic E-state index is 14.4. The number of aliphatic hydroxyl groups excluding tert-OH is 1.